The number of nitrogens with zero attached hydrogens (tertiary/aromatic N) is 1. The molecule has 0 unspecified atom stereocenters. The second-order valence-electron chi connectivity index (χ2n) is 4.58. The molecule has 0 radical (unpaired) electrons. The number of aryl methyl sites for hydroxylation is 1. The standard InChI is InChI=1S/C12H16N2O4S/c1-7-2-3-19-10(7)5-13-12(18)14-6-8(15)4-9(14)11(16)17/h2-3,8-9,15H,4-6H2,1H3,(H,13,18)(H,16,17)/t8-,9-/m0/s1. The van der Waals surface area contributed by atoms with E-state index in [9.17, 15) is 14.7 Å². The molecule has 0 bridgehead atoms. The fourth-order valence-corrected chi connectivity index (χ4v) is 2.96. The number of rotatable bonds is 3. The lowest BCUT2D eigenvalue weighted by atomic mass is 10.2. The van der Waals surface area contributed by atoms with Crippen molar-refractivity contribution in [1.82, 2.24) is 10.2 Å². The number of urea groups is 1. The van der Waals surface area contributed by atoms with Crippen molar-refractivity contribution in [3.05, 3.63) is 21.9 Å². The molecule has 19 heavy (non-hydrogen) atoms. The molecule has 2 heterocycles. The van der Waals surface area contributed by atoms with Crippen molar-refractivity contribution in [2.75, 3.05) is 6.54 Å². The molecule has 7 heteroatoms. The monoisotopic (exact) mass is 284 g/mol. The van der Waals surface area contributed by atoms with Crippen molar-refractivity contribution in [2.45, 2.75) is 32.0 Å². The Hall–Kier alpha value is -1.60. The van der Waals surface area contributed by atoms with Crippen LogP contribution in [0.3, 0.4) is 0 Å². The Morgan fingerprint density at radius 2 is 2.32 bits per heavy atom. The number of hydrogen-bond donors (Lipinski definition) is 3. The summed E-state index contributed by atoms with van der Waals surface area (Å²) in [5.41, 5.74) is 1.10. The third-order valence-corrected chi connectivity index (χ3v) is 4.22. The molecule has 0 spiro atoms. The van der Waals surface area contributed by atoms with Gasteiger partial charge in [-0.2, -0.15) is 0 Å². The first-order valence-corrected chi connectivity index (χ1v) is 6.85. The zero-order chi connectivity index (χ0) is 14.0. The zero-order valence-corrected chi connectivity index (χ0v) is 11.3. The van der Waals surface area contributed by atoms with Crippen molar-refractivity contribution < 1.29 is 19.8 Å². The summed E-state index contributed by atoms with van der Waals surface area (Å²) in [5.74, 6) is -1.08. The molecule has 0 aromatic carbocycles. The van der Waals surface area contributed by atoms with E-state index in [1.54, 1.807) is 11.3 Å². The van der Waals surface area contributed by atoms with Gasteiger partial charge in [-0.15, -0.1) is 11.3 Å². The van der Waals surface area contributed by atoms with Gasteiger partial charge in [-0.3, -0.25) is 0 Å². The summed E-state index contributed by atoms with van der Waals surface area (Å²) in [6.45, 7) is 2.39. The van der Waals surface area contributed by atoms with E-state index in [0.29, 0.717) is 6.54 Å². The molecule has 1 aliphatic rings. The molecule has 1 fully saturated rings. The highest BCUT2D eigenvalue weighted by Crippen LogP contribution is 2.19. The minimum absolute atomic E-state index is 0.0617. The van der Waals surface area contributed by atoms with E-state index in [1.807, 2.05) is 18.4 Å². The molecule has 2 amide bonds. The highest BCUT2D eigenvalue weighted by molar-refractivity contribution is 7.10. The molecule has 0 saturated carbocycles. The van der Waals surface area contributed by atoms with Gasteiger partial charge < -0.3 is 20.4 Å². The lowest BCUT2D eigenvalue weighted by Crippen LogP contribution is -2.45. The van der Waals surface area contributed by atoms with Gasteiger partial charge in [0, 0.05) is 17.8 Å². The highest BCUT2D eigenvalue weighted by atomic mass is 32.1. The van der Waals surface area contributed by atoms with E-state index in [-0.39, 0.29) is 13.0 Å². The molecule has 1 aromatic heterocycles. The van der Waals surface area contributed by atoms with Crippen molar-refractivity contribution in [1.29, 1.82) is 0 Å². The van der Waals surface area contributed by atoms with Crippen molar-refractivity contribution >= 4 is 23.3 Å². The Bertz CT molecular complexity index is 488. The second-order valence-corrected chi connectivity index (χ2v) is 5.58. The SMILES string of the molecule is Cc1ccsc1CNC(=O)N1C[C@@H](O)C[C@H]1C(=O)O. The molecular formula is C12H16N2O4S. The Balaban J connectivity index is 1.96. The first-order chi connectivity index (χ1) is 8.99. The normalized spacial score (nSPS) is 22.5. The average molecular weight is 284 g/mol. The number of β-amino-alcohol motifs (C(OH)–C–C–N with tert-alkyl or cyclic N) is 1. The fourth-order valence-electron chi connectivity index (χ4n) is 2.11. The molecule has 2 atom stereocenters. The lowest BCUT2D eigenvalue weighted by molar-refractivity contribution is -0.141. The number of amides is 2. The fraction of sp³-hybridized carbons (Fsp3) is 0.500. The number of aliphatic carboxylic acids is 1. The van der Waals surface area contributed by atoms with Crippen LogP contribution in [0.2, 0.25) is 0 Å². The molecule has 2 rings (SSSR count). The first kappa shape index (κ1) is 13.8. The Kier molecular flexibility index (Phi) is 4.06. The van der Waals surface area contributed by atoms with E-state index >= 15 is 0 Å². The molecule has 1 aromatic rings. The second kappa shape index (κ2) is 5.58. The van der Waals surface area contributed by atoms with Gasteiger partial charge in [-0.1, -0.05) is 0 Å². The number of aliphatic hydroxyl groups is 1. The van der Waals surface area contributed by atoms with E-state index in [2.05, 4.69) is 5.32 Å². The summed E-state index contributed by atoms with van der Waals surface area (Å²) >= 11 is 1.54. The summed E-state index contributed by atoms with van der Waals surface area (Å²) in [4.78, 5) is 25.2. The van der Waals surface area contributed by atoms with Gasteiger partial charge in [-0.25, -0.2) is 9.59 Å². The Morgan fingerprint density at radius 1 is 1.58 bits per heavy atom. The maximum absolute atomic E-state index is 12.0. The zero-order valence-electron chi connectivity index (χ0n) is 10.5. The average Bonchev–Trinajstić information content (AvgIpc) is 2.92. The number of likely N-dealkylation sites (tertiary alicyclic amines) is 1. The van der Waals surface area contributed by atoms with Crippen LogP contribution >= 0.6 is 11.3 Å². The Morgan fingerprint density at radius 3 is 2.89 bits per heavy atom. The van der Waals surface area contributed by atoms with Crippen molar-refractivity contribution in [2.24, 2.45) is 0 Å². The van der Waals surface area contributed by atoms with Crippen LogP contribution in [0, 0.1) is 6.92 Å². The van der Waals surface area contributed by atoms with Gasteiger partial charge in [0.25, 0.3) is 0 Å². The lowest BCUT2D eigenvalue weighted by Gasteiger charge is -2.21. The number of carboxylic acids is 1. The van der Waals surface area contributed by atoms with Gasteiger partial charge in [0.05, 0.1) is 12.6 Å². The van der Waals surface area contributed by atoms with Crippen LogP contribution in [-0.2, 0) is 11.3 Å². The van der Waals surface area contributed by atoms with Crippen LogP contribution in [0.15, 0.2) is 11.4 Å². The largest absolute Gasteiger partial charge is 0.480 e. The number of carbonyl (C=O) groups is 2. The summed E-state index contributed by atoms with van der Waals surface area (Å²) in [7, 11) is 0. The van der Waals surface area contributed by atoms with Crippen LogP contribution in [0.25, 0.3) is 0 Å². The number of carbonyl (C=O) groups excluding carboxylic acids is 1. The summed E-state index contributed by atoms with van der Waals surface area (Å²) in [5, 5.41) is 23.1. The minimum Gasteiger partial charge on any atom is -0.480 e. The van der Waals surface area contributed by atoms with Crippen LogP contribution in [0.5, 0.6) is 0 Å². The van der Waals surface area contributed by atoms with Gasteiger partial charge in [0.2, 0.25) is 0 Å². The third-order valence-electron chi connectivity index (χ3n) is 3.19. The molecule has 0 aliphatic carbocycles. The van der Waals surface area contributed by atoms with E-state index in [1.165, 1.54) is 4.90 Å². The molecule has 6 nitrogen and oxygen atoms in total. The van der Waals surface area contributed by atoms with Gasteiger partial charge >= 0.3 is 12.0 Å². The number of thiophene rings is 1. The predicted molar refractivity (Wildman–Crippen MR) is 70.0 cm³/mol. The summed E-state index contributed by atoms with van der Waals surface area (Å²) in [6, 6.07) is 0.572. The topological polar surface area (TPSA) is 89.9 Å². The summed E-state index contributed by atoms with van der Waals surface area (Å²) in [6.07, 6.45) is -0.684. The third kappa shape index (κ3) is 3.05. The quantitative estimate of drug-likeness (QED) is 0.765. The van der Waals surface area contributed by atoms with E-state index in [0.717, 1.165) is 10.4 Å². The van der Waals surface area contributed by atoms with Crippen LogP contribution < -0.4 is 5.32 Å². The van der Waals surface area contributed by atoms with Crippen molar-refractivity contribution in [3.8, 4) is 0 Å². The van der Waals surface area contributed by atoms with Crippen LogP contribution in [-0.4, -0.2) is 45.8 Å². The molecular weight excluding hydrogens is 268 g/mol. The van der Waals surface area contributed by atoms with E-state index < -0.39 is 24.1 Å². The molecule has 3 N–H and O–H groups in total. The summed E-state index contributed by atoms with van der Waals surface area (Å²) < 4.78 is 0. The maximum atomic E-state index is 12.0. The highest BCUT2D eigenvalue weighted by Gasteiger charge is 2.38. The van der Waals surface area contributed by atoms with Gasteiger partial charge in [0.15, 0.2) is 0 Å². The predicted octanol–water partition coefficient (Wildman–Crippen LogP) is 0.786. The molecule has 104 valence electrons. The van der Waals surface area contributed by atoms with Crippen molar-refractivity contribution in [3.63, 3.8) is 0 Å². The molecule has 1 aliphatic heterocycles. The number of carboxylic acid groups (broad SMARTS) is 1. The van der Waals surface area contributed by atoms with Crippen LogP contribution in [0.1, 0.15) is 16.9 Å². The van der Waals surface area contributed by atoms with E-state index in [4.69, 9.17) is 5.11 Å². The molecule has 1 saturated heterocycles. The number of hydrogen-bond acceptors (Lipinski definition) is 4. The van der Waals surface area contributed by atoms with Gasteiger partial charge in [-0.05, 0) is 23.9 Å². The number of nitrogens with one attached hydrogen (secondary N) is 1. The van der Waals surface area contributed by atoms with Gasteiger partial charge in [0.1, 0.15) is 6.04 Å². The number of aliphatic hydroxyl groups excluding tert-OH is 1. The smallest absolute Gasteiger partial charge is 0.326 e. The maximum Gasteiger partial charge on any atom is 0.326 e. The minimum atomic E-state index is -1.08. The first-order valence-electron chi connectivity index (χ1n) is 5.97. The Labute approximate surface area is 114 Å². The van der Waals surface area contributed by atoms with Crippen LogP contribution in [0.4, 0.5) is 4.79 Å².